The summed E-state index contributed by atoms with van der Waals surface area (Å²) in [5.41, 5.74) is -1.53. The highest BCUT2D eigenvalue weighted by Crippen LogP contribution is 2.36. The molecule has 162 valence electrons. The Morgan fingerprint density at radius 1 is 1.20 bits per heavy atom. The van der Waals surface area contributed by atoms with Crippen molar-refractivity contribution in [1.29, 1.82) is 0 Å². The van der Waals surface area contributed by atoms with Crippen molar-refractivity contribution in [2.45, 2.75) is 37.4 Å². The van der Waals surface area contributed by atoms with Gasteiger partial charge in [0.1, 0.15) is 12.3 Å². The maximum atomic E-state index is 13.1. The van der Waals surface area contributed by atoms with E-state index in [0.29, 0.717) is 6.07 Å². The predicted molar refractivity (Wildman–Crippen MR) is 103 cm³/mol. The molecule has 7 nitrogen and oxygen atoms in total. The highest BCUT2D eigenvalue weighted by atomic mass is 32.2. The molecule has 3 rings (SSSR count). The van der Waals surface area contributed by atoms with Crippen molar-refractivity contribution in [3.8, 4) is 5.88 Å². The summed E-state index contributed by atoms with van der Waals surface area (Å²) in [4.78, 5) is 15.9. The van der Waals surface area contributed by atoms with E-state index in [1.165, 1.54) is 12.3 Å². The fraction of sp³-hybridized carbons (Fsp3) is 0.368. The summed E-state index contributed by atoms with van der Waals surface area (Å²) in [6.07, 6.45) is -3.44. The molecule has 0 saturated carbocycles. The van der Waals surface area contributed by atoms with Gasteiger partial charge in [0.15, 0.2) is 0 Å². The first-order valence-corrected chi connectivity index (χ1v) is 10.4. The van der Waals surface area contributed by atoms with Crippen LogP contribution in [0.4, 0.5) is 18.9 Å². The molecule has 0 atom stereocenters. The van der Waals surface area contributed by atoms with Crippen molar-refractivity contribution in [3.63, 3.8) is 0 Å². The Kier molecular flexibility index (Phi) is 5.44. The Bertz CT molecular complexity index is 1080. The molecule has 1 aromatic carbocycles. The summed E-state index contributed by atoms with van der Waals surface area (Å²) < 4.78 is 71.6. The minimum Gasteiger partial charge on any atom is -0.474 e. The van der Waals surface area contributed by atoms with E-state index < -0.39 is 38.1 Å². The lowest BCUT2D eigenvalue weighted by Gasteiger charge is -2.30. The molecule has 11 heteroatoms. The van der Waals surface area contributed by atoms with E-state index >= 15 is 0 Å². The summed E-state index contributed by atoms with van der Waals surface area (Å²) in [5, 5.41) is 2.74. The van der Waals surface area contributed by atoms with Crippen LogP contribution in [0, 0.1) is 0 Å². The Morgan fingerprint density at radius 2 is 1.90 bits per heavy atom. The zero-order valence-corrected chi connectivity index (χ0v) is 17.3. The van der Waals surface area contributed by atoms with Gasteiger partial charge in [-0.25, -0.2) is 13.4 Å². The lowest BCUT2D eigenvalue weighted by molar-refractivity contribution is -0.137. The molecule has 1 amide bonds. The van der Waals surface area contributed by atoms with Crippen LogP contribution < -0.4 is 14.4 Å². The molecule has 1 aliphatic rings. The van der Waals surface area contributed by atoms with Gasteiger partial charge in [-0.15, -0.1) is 0 Å². The summed E-state index contributed by atoms with van der Waals surface area (Å²) in [7, 11) is -4.35. The van der Waals surface area contributed by atoms with Crippen LogP contribution in [0.25, 0.3) is 0 Å². The zero-order valence-electron chi connectivity index (χ0n) is 16.4. The Labute approximate surface area is 171 Å². The molecule has 0 aliphatic carbocycles. The maximum Gasteiger partial charge on any atom is 0.416 e. The first-order chi connectivity index (χ1) is 13.8. The zero-order chi connectivity index (χ0) is 22.3. The minimum atomic E-state index is -4.69. The number of alkyl halides is 3. The quantitative estimate of drug-likeness (QED) is 0.787. The van der Waals surface area contributed by atoms with Crippen molar-refractivity contribution in [2.75, 3.05) is 17.5 Å². The maximum absolute atomic E-state index is 13.1. The molecule has 30 heavy (non-hydrogen) atoms. The summed E-state index contributed by atoms with van der Waals surface area (Å²) >= 11 is 0. The van der Waals surface area contributed by atoms with Crippen LogP contribution in [-0.2, 0) is 16.2 Å². The highest BCUT2D eigenvalue weighted by molar-refractivity contribution is 7.92. The van der Waals surface area contributed by atoms with Crippen molar-refractivity contribution >= 4 is 21.6 Å². The van der Waals surface area contributed by atoms with Gasteiger partial charge >= 0.3 is 6.18 Å². The third-order valence-electron chi connectivity index (χ3n) is 4.13. The smallest absolute Gasteiger partial charge is 0.416 e. The molecule has 0 spiro atoms. The second kappa shape index (κ2) is 7.46. The average Bonchev–Trinajstić information content (AvgIpc) is 2.65. The molecule has 1 aromatic heterocycles. The Hall–Kier alpha value is -2.82. The number of hydrogen-bond donors (Lipinski definition) is 1. The third-order valence-corrected chi connectivity index (χ3v) is 5.94. The fourth-order valence-electron chi connectivity index (χ4n) is 2.82. The topological polar surface area (TPSA) is 88.6 Å². The first-order valence-electron chi connectivity index (χ1n) is 8.94. The normalized spacial score (nSPS) is 14.7. The number of carbonyl (C=O) groups excluding carboxylic acids is 1. The number of fused-ring (bicyclic) bond motifs is 1. The SMILES string of the molecule is CC(C)(C)NC(=O)c1cnc2c(c1)N(S(=O)(=O)c1cccc(C(F)(F)F)c1)CCO2. The minimum absolute atomic E-state index is 0.0137. The molecule has 1 N–H and O–H groups in total. The molecule has 1 aliphatic heterocycles. The van der Waals surface area contributed by atoms with E-state index in [1.54, 1.807) is 20.8 Å². The van der Waals surface area contributed by atoms with Gasteiger partial charge in [0.05, 0.1) is 22.6 Å². The van der Waals surface area contributed by atoms with Crippen molar-refractivity contribution in [2.24, 2.45) is 0 Å². The number of amides is 1. The van der Waals surface area contributed by atoms with Gasteiger partial charge in [0.2, 0.25) is 5.88 Å². The number of nitrogens with one attached hydrogen (secondary N) is 1. The van der Waals surface area contributed by atoms with Gasteiger partial charge in [0.25, 0.3) is 15.9 Å². The van der Waals surface area contributed by atoms with Crippen LogP contribution in [0.15, 0.2) is 41.4 Å². The number of ether oxygens (including phenoxy) is 1. The summed E-state index contributed by atoms with van der Waals surface area (Å²) in [6, 6.07) is 4.79. The molecule has 0 unspecified atom stereocenters. The van der Waals surface area contributed by atoms with Gasteiger partial charge in [-0.05, 0) is 45.0 Å². The number of halogens is 3. The van der Waals surface area contributed by atoms with Gasteiger partial charge in [-0.2, -0.15) is 13.2 Å². The monoisotopic (exact) mass is 443 g/mol. The second-order valence-corrected chi connectivity index (χ2v) is 9.57. The van der Waals surface area contributed by atoms with E-state index in [9.17, 15) is 26.4 Å². The predicted octanol–water partition coefficient (Wildman–Crippen LogP) is 3.22. The largest absolute Gasteiger partial charge is 0.474 e. The molecule has 0 bridgehead atoms. The summed E-state index contributed by atoms with van der Waals surface area (Å²) in [6.45, 7) is 5.17. The Balaban J connectivity index is 2.03. The third kappa shape index (κ3) is 4.50. The Morgan fingerprint density at radius 3 is 2.53 bits per heavy atom. The van der Waals surface area contributed by atoms with Crippen molar-refractivity contribution < 1.29 is 31.1 Å². The molecule has 2 aromatic rings. The van der Waals surface area contributed by atoms with E-state index in [-0.39, 0.29) is 30.3 Å². The lowest BCUT2D eigenvalue weighted by atomic mass is 10.1. The van der Waals surface area contributed by atoms with Crippen LogP contribution in [-0.4, -0.2) is 38.0 Å². The number of pyridine rings is 1. The number of anilines is 1. The van der Waals surface area contributed by atoms with Crippen LogP contribution in [0.2, 0.25) is 0 Å². The molecule has 0 fully saturated rings. The number of sulfonamides is 1. The second-order valence-electron chi connectivity index (χ2n) is 7.70. The number of aromatic nitrogens is 1. The van der Waals surface area contributed by atoms with Crippen LogP contribution in [0.1, 0.15) is 36.7 Å². The van der Waals surface area contributed by atoms with Crippen molar-refractivity contribution in [1.82, 2.24) is 10.3 Å². The highest BCUT2D eigenvalue weighted by Gasteiger charge is 2.35. The molecular weight excluding hydrogens is 423 g/mol. The molecule has 2 heterocycles. The van der Waals surface area contributed by atoms with Gasteiger partial charge in [-0.1, -0.05) is 6.07 Å². The standard InChI is InChI=1S/C19H20F3N3O4S/c1-18(2,3)24-16(26)12-9-15-17(23-11-12)29-8-7-25(15)30(27,28)14-6-4-5-13(10-14)19(20,21)22/h4-6,9-11H,7-8H2,1-3H3,(H,24,26). The molecule has 0 radical (unpaired) electrons. The van der Waals surface area contributed by atoms with E-state index in [0.717, 1.165) is 22.5 Å². The summed E-state index contributed by atoms with van der Waals surface area (Å²) in [5.74, 6) is -0.496. The van der Waals surface area contributed by atoms with Gasteiger partial charge in [0, 0.05) is 11.7 Å². The van der Waals surface area contributed by atoms with E-state index in [1.807, 2.05) is 0 Å². The number of hydrogen-bond acceptors (Lipinski definition) is 5. The fourth-order valence-corrected chi connectivity index (χ4v) is 4.31. The van der Waals surface area contributed by atoms with Gasteiger partial charge in [-0.3, -0.25) is 9.10 Å². The lowest BCUT2D eigenvalue weighted by Crippen LogP contribution is -2.41. The molecule has 0 saturated heterocycles. The van der Waals surface area contributed by atoms with E-state index in [2.05, 4.69) is 10.3 Å². The average molecular weight is 443 g/mol. The van der Waals surface area contributed by atoms with Crippen molar-refractivity contribution in [3.05, 3.63) is 47.7 Å². The van der Waals surface area contributed by atoms with Crippen LogP contribution >= 0.6 is 0 Å². The van der Waals surface area contributed by atoms with Gasteiger partial charge < -0.3 is 10.1 Å². The first kappa shape index (κ1) is 21.9. The number of rotatable bonds is 3. The number of carbonyl (C=O) groups is 1. The van der Waals surface area contributed by atoms with E-state index in [4.69, 9.17) is 4.74 Å². The number of nitrogens with zero attached hydrogens (tertiary/aromatic N) is 2. The van der Waals surface area contributed by atoms with Crippen LogP contribution in [0.3, 0.4) is 0 Å². The number of benzene rings is 1. The molecular formula is C19H20F3N3O4S. The van der Waals surface area contributed by atoms with Crippen LogP contribution in [0.5, 0.6) is 5.88 Å².